The van der Waals surface area contributed by atoms with E-state index in [1.54, 1.807) is 0 Å². The van der Waals surface area contributed by atoms with Crippen LogP contribution in [0.25, 0.3) is 0 Å². The molecule has 0 radical (unpaired) electrons. The van der Waals surface area contributed by atoms with Crippen LogP contribution in [0.15, 0.2) is 16.8 Å². The van der Waals surface area contributed by atoms with Gasteiger partial charge in [-0.25, -0.2) is 4.39 Å². The smallest absolute Gasteiger partial charge is 0.179 e. The number of halogens is 1. The van der Waals surface area contributed by atoms with Crippen molar-refractivity contribution in [3.8, 4) is 0 Å². The number of nitrogens with zero attached hydrogens (tertiary/aromatic N) is 1. The highest BCUT2D eigenvalue weighted by Crippen LogP contribution is 2.10. The molecule has 0 saturated carbocycles. The summed E-state index contributed by atoms with van der Waals surface area (Å²) in [5.41, 5.74) is 6.21. The van der Waals surface area contributed by atoms with Crippen LogP contribution >= 0.6 is 0 Å². The van der Waals surface area contributed by atoms with Crippen LogP contribution in [0.4, 0.5) is 4.39 Å². The first kappa shape index (κ1) is 10.1. The highest BCUT2D eigenvalue weighted by Gasteiger charge is 2.01. The fourth-order valence-electron chi connectivity index (χ4n) is 0.710. The van der Waals surface area contributed by atoms with Gasteiger partial charge in [0.25, 0.3) is 0 Å². The molecule has 1 unspecified atom stereocenters. The molecule has 0 heterocycles. The molecule has 0 aromatic rings. The number of allylic oxidation sites excluding steroid dienone is 1. The molecule has 2 N–H and O–H groups in total. The van der Waals surface area contributed by atoms with E-state index in [-0.39, 0.29) is 0 Å². The molecule has 0 aliphatic carbocycles. The average Bonchev–Trinajstić information content (AvgIpc) is 2.05. The summed E-state index contributed by atoms with van der Waals surface area (Å²) < 4.78 is 11.6. The van der Waals surface area contributed by atoms with Gasteiger partial charge in [0.05, 0.1) is 0 Å². The molecule has 0 saturated heterocycles. The molecule has 1 atom stereocenters. The van der Waals surface area contributed by atoms with Gasteiger partial charge < -0.3 is 5.73 Å². The third-order valence-electron chi connectivity index (χ3n) is 1.68. The quantitative estimate of drug-likeness (QED) is 0.492. The van der Waals surface area contributed by atoms with Crippen molar-refractivity contribution >= 4 is 6.21 Å². The van der Waals surface area contributed by atoms with Gasteiger partial charge in [0.15, 0.2) is 6.80 Å². The van der Waals surface area contributed by atoms with E-state index in [0.717, 1.165) is 12.0 Å². The van der Waals surface area contributed by atoms with Gasteiger partial charge >= 0.3 is 0 Å². The Bertz CT molecular complexity index is 152. The molecule has 64 valence electrons. The van der Waals surface area contributed by atoms with Crippen LogP contribution < -0.4 is 5.73 Å². The Hall–Kier alpha value is -0.860. The monoisotopic (exact) mass is 158 g/mol. The fraction of sp³-hybridized carbons (Fsp3) is 0.625. The van der Waals surface area contributed by atoms with Gasteiger partial charge in [0.1, 0.15) is 0 Å². The van der Waals surface area contributed by atoms with E-state index in [0.29, 0.717) is 5.92 Å². The second-order valence-corrected chi connectivity index (χ2v) is 2.41. The maximum Gasteiger partial charge on any atom is 0.179 e. The van der Waals surface area contributed by atoms with Gasteiger partial charge in [-0.3, -0.25) is 4.99 Å². The highest BCUT2D eigenvalue weighted by molar-refractivity contribution is 5.78. The normalized spacial score (nSPS) is 15.7. The van der Waals surface area contributed by atoms with Crippen LogP contribution in [0.2, 0.25) is 0 Å². The van der Waals surface area contributed by atoms with Crippen LogP contribution in [0.5, 0.6) is 0 Å². The Morgan fingerprint density at radius 3 is 2.73 bits per heavy atom. The SMILES string of the molecule is CCC(C)C(=C/N)/C=N/CF. The third-order valence-corrected chi connectivity index (χ3v) is 1.68. The number of aliphatic imine (C=N–C) groups is 1. The van der Waals surface area contributed by atoms with Crippen LogP contribution in [0.3, 0.4) is 0 Å². The zero-order chi connectivity index (χ0) is 8.69. The van der Waals surface area contributed by atoms with E-state index >= 15 is 0 Å². The van der Waals surface area contributed by atoms with E-state index in [1.807, 2.05) is 6.92 Å². The van der Waals surface area contributed by atoms with Crippen molar-refractivity contribution in [3.05, 3.63) is 11.8 Å². The highest BCUT2D eigenvalue weighted by atomic mass is 19.1. The van der Waals surface area contributed by atoms with E-state index in [4.69, 9.17) is 5.73 Å². The Morgan fingerprint density at radius 1 is 1.73 bits per heavy atom. The topological polar surface area (TPSA) is 38.4 Å². The van der Waals surface area contributed by atoms with Gasteiger partial charge in [-0.1, -0.05) is 13.8 Å². The Labute approximate surface area is 67.0 Å². The minimum absolute atomic E-state index is 0.357. The molecule has 0 aliphatic rings. The van der Waals surface area contributed by atoms with Crippen molar-refractivity contribution in [2.75, 3.05) is 6.80 Å². The van der Waals surface area contributed by atoms with E-state index in [1.165, 1.54) is 12.4 Å². The van der Waals surface area contributed by atoms with Gasteiger partial charge in [-0.05, 0) is 24.1 Å². The standard InChI is InChI=1S/C8H15FN2/c1-3-7(2)8(4-10)5-11-6-9/h4-5,7H,3,6,10H2,1-2H3/b8-4+,11-5+. The Kier molecular flexibility index (Phi) is 5.43. The third kappa shape index (κ3) is 3.75. The molecule has 0 bridgehead atoms. The molecule has 0 fully saturated rings. The fourth-order valence-corrected chi connectivity index (χ4v) is 0.710. The Balaban J connectivity index is 4.07. The average molecular weight is 158 g/mol. The Morgan fingerprint density at radius 2 is 2.36 bits per heavy atom. The molecule has 0 rings (SSSR count). The molecular weight excluding hydrogens is 143 g/mol. The van der Waals surface area contributed by atoms with Gasteiger partial charge in [-0.15, -0.1) is 0 Å². The second-order valence-electron chi connectivity index (χ2n) is 2.41. The van der Waals surface area contributed by atoms with E-state index in [9.17, 15) is 4.39 Å². The van der Waals surface area contributed by atoms with Crippen LogP contribution in [-0.2, 0) is 0 Å². The maximum atomic E-state index is 11.6. The molecule has 2 nitrogen and oxygen atoms in total. The molecular formula is C8H15FN2. The van der Waals surface area contributed by atoms with Crippen molar-refractivity contribution < 1.29 is 4.39 Å². The van der Waals surface area contributed by atoms with Crippen molar-refractivity contribution in [2.24, 2.45) is 16.6 Å². The molecule has 0 spiro atoms. The first-order valence-electron chi connectivity index (χ1n) is 3.73. The molecule has 0 aromatic heterocycles. The lowest BCUT2D eigenvalue weighted by molar-refractivity contribution is 0.513. The molecule has 11 heavy (non-hydrogen) atoms. The maximum absolute atomic E-state index is 11.6. The molecule has 0 amide bonds. The first-order valence-corrected chi connectivity index (χ1v) is 3.73. The molecule has 0 aliphatic heterocycles. The summed E-state index contributed by atoms with van der Waals surface area (Å²) in [6, 6.07) is 0. The van der Waals surface area contributed by atoms with Crippen LogP contribution in [0.1, 0.15) is 20.3 Å². The predicted molar refractivity (Wildman–Crippen MR) is 46.2 cm³/mol. The number of hydrogen-bond donors (Lipinski definition) is 1. The van der Waals surface area contributed by atoms with Crippen molar-refractivity contribution in [1.82, 2.24) is 0 Å². The second kappa shape index (κ2) is 5.89. The molecule has 3 heteroatoms. The van der Waals surface area contributed by atoms with Gasteiger partial charge in [-0.2, -0.15) is 0 Å². The van der Waals surface area contributed by atoms with Crippen molar-refractivity contribution in [2.45, 2.75) is 20.3 Å². The summed E-state index contributed by atoms with van der Waals surface area (Å²) in [5, 5.41) is 0. The zero-order valence-electron chi connectivity index (χ0n) is 7.05. The minimum atomic E-state index is -0.673. The number of nitrogens with two attached hydrogens (primary N) is 1. The predicted octanol–water partition coefficient (Wildman–Crippen LogP) is 1.87. The zero-order valence-corrected chi connectivity index (χ0v) is 7.05. The van der Waals surface area contributed by atoms with Crippen molar-refractivity contribution in [3.63, 3.8) is 0 Å². The lowest BCUT2D eigenvalue weighted by atomic mass is 10.0. The summed E-state index contributed by atoms with van der Waals surface area (Å²) in [6.07, 6.45) is 3.96. The number of alkyl halides is 1. The summed E-state index contributed by atoms with van der Waals surface area (Å²) in [7, 11) is 0. The lowest BCUT2D eigenvalue weighted by Crippen LogP contribution is -2.02. The number of rotatable bonds is 4. The van der Waals surface area contributed by atoms with E-state index in [2.05, 4.69) is 11.9 Å². The summed E-state index contributed by atoms with van der Waals surface area (Å²) >= 11 is 0. The molecule has 0 aromatic carbocycles. The van der Waals surface area contributed by atoms with Crippen LogP contribution in [-0.4, -0.2) is 13.0 Å². The van der Waals surface area contributed by atoms with Gasteiger partial charge in [0, 0.05) is 6.21 Å². The summed E-state index contributed by atoms with van der Waals surface area (Å²) in [5.74, 6) is 0.357. The first-order chi connectivity index (χ1) is 5.26. The van der Waals surface area contributed by atoms with Crippen molar-refractivity contribution in [1.29, 1.82) is 0 Å². The lowest BCUT2D eigenvalue weighted by Gasteiger charge is -2.07. The number of hydrogen-bond acceptors (Lipinski definition) is 2. The van der Waals surface area contributed by atoms with E-state index < -0.39 is 6.80 Å². The van der Waals surface area contributed by atoms with Gasteiger partial charge in [0.2, 0.25) is 0 Å². The minimum Gasteiger partial charge on any atom is -0.404 e. The largest absolute Gasteiger partial charge is 0.404 e. The summed E-state index contributed by atoms with van der Waals surface area (Å²) in [6.45, 7) is 3.41. The van der Waals surface area contributed by atoms with Crippen LogP contribution in [0, 0.1) is 5.92 Å². The summed E-state index contributed by atoms with van der Waals surface area (Å²) in [4.78, 5) is 3.47.